The highest BCUT2D eigenvalue weighted by atomic mass is 32.2. The van der Waals surface area contributed by atoms with Crippen molar-refractivity contribution in [3.63, 3.8) is 0 Å². The summed E-state index contributed by atoms with van der Waals surface area (Å²) in [5.41, 5.74) is 1.000. The average Bonchev–Trinajstić information content (AvgIpc) is 2.37. The highest BCUT2D eigenvalue weighted by molar-refractivity contribution is 7.97. The summed E-state index contributed by atoms with van der Waals surface area (Å²) in [6, 6.07) is 0. The molecule has 0 saturated carbocycles. The number of carbonyl (C=O) groups is 1. The van der Waals surface area contributed by atoms with Crippen LogP contribution in [0.25, 0.3) is 0 Å². The van der Waals surface area contributed by atoms with Gasteiger partial charge in [0.25, 0.3) is 0 Å². The van der Waals surface area contributed by atoms with Crippen LogP contribution in [0.15, 0.2) is 5.38 Å². The van der Waals surface area contributed by atoms with Crippen molar-refractivity contribution in [2.45, 2.75) is 5.75 Å². The molecule has 0 fully saturated rings. The van der Waals surface area contributed by atoms with Gasteiger partial charge in [0.15, 0.2) is 11.3 Å². The molecule has 1 heterocycles. The number of carbonyl (C=O) groups excluding carboxylic acids is 1. The van der Waals surface area contributed by atoms with Gasteiger partial charge >= 0.3 is 0 Å². The van der Waals surface area contributed by atoms with Gasteiger partial charge in [0.1, 0.15) is 0 Å². The Kier molecular flexibility index (Phi) is 2.89. The Labute approximate surface area is 67.7 Å². The van der Waals surface area contributed by atoms with Crippen molar-refractivity contribution in [1.82, 2.24) is 4.98 Å². The van der Waals surface area contributed by atoms with Gasteiger partial charge in [-0.1, -0.05) is 0 Å². The molecule has 0 aliphatic heterocycles. The second-order valence-corrected chi connectivity index (χ2v) is 3.48. The Balaban J connectivity index is 2.68. The van der Waals surface area contributed by atoms with Crippen LogP contribution in [0.2, 0.25) is 0 Å². The molecule has 0 unspecified atom stereocenters. The topological polar surface area (TPSA) is 30.0 Å². The molecule has 0 N–H and O–H groups in total. The lowest BCUT2D eigenvalue weighted by Gasteiger charge is -1.85. The molecule has 0 aliphatic rings. The average molecular weight is 173 g/mol. The Hall–Kier alpha value is -0.350. The molecule has 1 rings (SSSR count). The molecule has 0 saturated heterocycles. The first-order chi connectivity index (χ1) is 4.86. The van der Waals surface area contributed by atoms with Crippen LogP contribution < -0.4 is 0 Å². The van der Waals surface area contributed by atoms with Gasteiger partial charge in [-0.05, 0) is 6.26 Å². The smallest absolute Gasteiger partial charge is 0.178 e. The summed E-state index contributed by atoms with van der Waals surface area (Å²) >= 11 is 3.10. The van der Waals surface area contributed by atoms with Crippen molar-refractivity contribution in [3.05, 3.63) is 16.1 Å². The predicted octanol–water partition coefficient (Wildman–Crippen LogP) is 1.82. The van der Waals surface area contributed by atoms with Crippen LogP contribution in [0.5, 0.6) is 0 Å². The summed E-state index contributed by atoms with van der Waals surface area (Å²) in [7, 11) is 0. The fourth-order valence-corrected chi connectivity index (χ4v) is 1.76. The molecule has 54 valence electrons. The van der Waals surface area contributed by atoms with E-state index in [1.165, 1.54) is 11.3 Å². The minimum atomic E-state index is 0.573. The van der Waals surface area contributed by atoms with E-state index in [4.69, 9.17) is 0 Å². The van der Waals surface area contributed by atoms with E-state index in [1.807, 2.05) is 11.6 Å². The molecule has 0 bridgehead atoms. The zero-order chi connectivity index (χ0) is 7.40. The van der Waals surface area contributed by atoms with E-state index in [9.17, 15) is 4.79 Å². The number of hydrogen-bond donors (Lipinski definition) is 0. The zero-order valence-corrected chi connectivity index (χ0v) is 7.17. The van der Waals surface area contributed by atoms with Gasteiger partial charge in [0, 0.05) is 11.1 Å². The lowest BCUT2D eigenvalue weighted by atomic mass is 10.6. The predicted molar refractivity (Wildman–Crippen MR) is 44.7 cm³/mol. The maximum atomic E-state index is 10.2. The summed E-state index contributed by atoms with van der Waals surface area (Å²) < 4.78 is 0. The van der Waals surface area contributed by atoms with E-state index in [1.54, 1.807) is 11.8 Å². The first kappa shape index (κ1) is 7.75. The summed E-state index contributed by atoms with van der Waals surface area (Å²) in [5, 5.41) is 2.49. The Morgan fingerprint density at radius 1 is 1.90 bits per heavy atom. The molecule has 0 spiro atoms. The fraction of sp³-hybridized carbons (Fsp3) is 0.333. The number of thioether (sulfide) groups is 1. The lowest BCUT2D eigenvalue weighted by molar-refractivity contribution is 0.112. The standard InChI is InChI=1S/C6H7NOS2/c1-9-3-5-4-10-6(2-8)7-5/h2,4H,3H2,1H3. The van der Waals surface area contributed by atoms with Crippen LogP contribution in [0.3, 0.4) is 0 Å². The van der Waals surface area contributed by atoms with E-state index in [0.29, 0.717) is 5.01 Å². The molecule has 0 amide bonds. The van der Waals surface area contributed by atoms with Crippen LogP contribution in [0, 0.1) is 0 Å². The largest absolute Gasteiger partial charge is 0.295 e. The van der Waals surface area contributed by atoms with Crippen molar-refractivity contribution in [2.75, 3.05) is 6.26 Å². The third kappa shape index (κ3) is 1.82. The summed E-state index contributed by atoms with van der Waals surface area (Å²) in [6.45, 7) is 0. The number of thiazole rings is 1. The second kappa shape index (κ2) is 3.73. The van der Waals surface area contributed by atoms with Crippen LogP contribution >= 0.6 is 23.1 Å². The third-order valence-electron chi connectivity index (χ3n) is 0.963. The lowest BCUT2D eigenvalue weighted by Crippen LogP contribution is -1.80. The quantitative estimate of drug-likeness (QED) is 0.653. The highest BCUT2D eigenvalue weighted by Crippen LogP contribution is 2.11. The molecule has 0 aromatic carbocycles. The van der Waals surface area contributed by atoms with Crippen LogP contribution in [0.4, 0.5) is 0 Å². The normalized spacial score (nSPS) is 9.70. The summed E-state index contributed by atoms with van der Waals surface area (Å²) in [6.07, 6.45) is 2.80. The van der Waals surface area contributed by atoms with E-state index < -0.39 is 0 Å². The second-order valence-electron chi connectivity index (χ2n) is 1.73. The number of hydrogen-bond acceptors (Lipinski definition) is 4. The number of aromatic nitrogens is 1. The summed E-state index contributed by atoms with van der Waals surface area (Å²) in [5.74, 6) is 0.893. The van der Waals surface area contributed by atoms with Crippen LogP contribution in [0.1, 0.15) is 15.5 Å². The van der Waals surface area contributed by atoms with Crippen LogP contribution in [-0.4, -0.2) is 17.5 Å². The van der Waals surface area contributed by atoms with Crippen LogP contribution in [-0.2, 0) is 5.75 Å². The minimum Gasteiger partial charge on any atom is -0.295 e. The van der Waals surface area contributed by atoms with Gasteiger partial charge in [-0.2, -0.15) is 11.8 Å². The maximum Gasteiger partial charge on any atom is 0.178 e. The molecule has 2 nitrogen and oxygen atoms in total. The van der Waals surface area contributed by atoms with E-state index in [2.05, 4.69) is 4.98 Å². The Bertz CT molecular complexity index is 221. The monoisotopic (exact) mass is 173 g/mol. The van der Waals surface area contributed by atoms with Gasteiger partial charge in [0.05, 0.1) is 5.69 Å². The van der Waals surface area contributed by atoms with Crippen molar-refractivity contribution < 1.29 is 4.79 Å². The van der Waals surface area contributed by atoms with Gasteiger partial charge in [-0.25, -0.2) is 4.98 Å². The van der Waals surface area contributed by atoms with Crippen molar-refractivity contribution in [3.8, 4) is 0 Å². The first-order valence-corrected chi connectivity index (χ1v) is 5.02. The number of nitrogens with zero attached hydrogens (tertiary/aromatic N) is 1. The molecule has 0 radical (unpaired) electrons. The molecule has 1 aromatic heterocycles. The Morgan fingerprint density at radius 2 is 2.70 bits per heavy atom. The van der Waals surface area contributed by atoms with Crippen molar-refractivity contribution >= 4 is 29.4 Å². The van der Waals surface area contributed by atoms with E-state index >= 15 is 0 Å². The molecular weight excluding hydrogens is 166 g/mol. The highest BCUT2D eigenvalue weighted by Gasteiger charge is 1.97. The van der Waals surface area contributed by atoms with Gasteiger partial charge in [-0.3, -0.25) is 4.79 Å². The molecular formula is C6H7NOS2. The van der Waals surface area contributed by atoms with E-state index in [-0.39, 0.29) is 0 Å². The molecule has 0 atom stereocenters. The van der Waals surface area contributed by atoms with E-state index in [0.717, 1.165) is 17.7 Å². The molecule has 10 heavy (non-hydrogen) atoms. The zero-order valence-electron chi connectivity index (χ0n) is 5.53. The van der Waals surface area contributed by atoms with Crippen molar-refractivity contribution in [1.29, 1.82) is 0 Å². The SMILES string of the molecule is CSCc1csc(C=O)n1. The number of rotatable bonds is 3. The van der Waals surface area contributed by atoms with Gasteiger partial charge < -0.3 is 0 Å². The molecule has 1 aromatic rings. The maximum absolute atomic E-state index is 10.2. The van der Waals surface area contributed by atoms with Crippen molar-refractivity contribution in [2.24, 2.45) is 0 Å². The molecule has 4 heteroatoms. The number of aldehydes is 1. The summed E-state index contributed by atoms with van der Waals surface area (Å²) in [4.78, 5) is 14.2. The van der Waals surface area contributed by atoms with Gasteiger partial charge in [0.2, 0.25) is 0 Å². The Morgan fingerprint density at radius 3 is 3.20 bits per heavy atom. The first-order valence-electron chi connectivity index (χ1n) is 2.75. The minimum absolute atomic E-state index is 0.573. The van der Waals surface area contributed by atoms with Gasteiger partial charge in [-0.15, -0.1) is 11.3 Å². The third-order valence-corrected chi connectivity index (χ3v) is 2.37. The molecule has 0 aliphatic carbocycles. The fourth-order valence-electron chi connectivity index (χ4n) is 0.591.